The molecule has 0 spiro atoms. The van der Waals surface area contributed by atoms with Gasteiger partial charge in [0.1, 0.15) is 0 Å². The molecule has 0 saturated heterocycles. The first-order valence-corrected chi connectivity index (χ1v) is 8.20. The second-order valence-electron chi connectivity index (χ2n) is 6.13. The van der Waals surface area contributed by atoms with Crippen molar-refractivity contribution in [2.75, 3.05) is 0 Å². The molecular formula is C17H19ClN2O. The van der Waals surface area contributed by atoms with Crippen LogP contribution in [0.15, 0.2) is 29.1 Å². The standard InChI is InChI=1S/C17H19ClN2O/c1-2-19-16(12-9-10-12)15(11-7-8-11)17(21)20(19)14-6-4-3-5-13(14)18/h3-6,11-12H,2,7-10H2,1H3. The lowest BCUT2D eigenvalue weighted by molar-refractivity contribution is 0.548. The van der Waals surface area contributed by atoms with Crippen molar-refractivity contribution >= 4 is 11.6 Å². The predicted octanol–water partition coefficient (Wildman–Crippen LogP) is 4.07. The van der Waals surface area contributed by atoms with Gasteiger partial charge in [0.05, 0.1) is 10.7 Å². The minimum absolute atomic E-state index is 0.148. The molecule has 0 atom stereocenters. The third-order valence-corrected chi connectivity index (χ3v) is 4.87. The van der Waals surface area contributed by atoms with E-state index in [0.717, 1.165) is 30.6 Å². The van der Waals surface area contributed by atoms with Crippen LogP contribution in [0.4, 0.5) is 0 Å². The summed E-state index contributed by atoms with van der Waals surface area (Å²) in [5, 5.41) is 0.636. The summed E-state index contributed by atoms with van der Waals surface area (Å²) in [7, 11) is 0. The fourth-order valence-electron chi connectivity index (χ4n) is 3.30. The molecule has 2 fully saturated rings. The van der Waals surface area contributed by atoms with E-state index in [1.165, 1.54) is 18.5 Å². The molecule has 21 heavy (non-hydrogen) atoms. The molecule has 2 aliphatic carbocycles. The number of halogens is 1. The molecule has 4 rings (SSSR count). The van der Waals surface area contributed by atoms with Gasteiger partial charge in [-0.25, -0.2) is 4.68 Å². The summed E-state index contributed by atoms with van der Waals surface area (Å²) in [5.74, 6) is 1.06. The highest BCUT2D eigenvalue weighted by atomic mass is 35.5. The molecule has 1 heterocycles. The Labute approximate surface area is 129 Å². The maximum absolute atomic E-state index is 13.0. The Bertz CT molecular complexity index is 751. The fraction of sp³-hybridized carbons (Fsp3) is 0.471. The lowest BCUT2D eigenvalue weighted by Crippen LogP contribution is -2.22. The molecular weight excluding hydrogens is 284 g/mol. The molecule has 110 valence electrons. The van der Waals surface area contributed by atoms with Gasteiger partial charge in [0.2, 0.25) is 0 Å². The van der Waals surface area contributed by atoms with Gasteiger partial charge in [-0.2, -0.15) is 0 Å². The number of hydrogen-bond acceptors (Lipinski definition) is 1. The topological polar surface area (TPSA) is 26.9 Å². The molecule has 2 aliphatic rings. The number of hydrogen-bond donors (Lipinski definition) is 0. The van der Waals surface area contributed by atoms with Crippen molar-refractivity contribution in [3.63, 3.8) is 0 Å². The van der Waals surface area contributed by atoms with E-state index in [1.807, 2.05) is 28.9 Å². The average molecular weight is 303 g/mol. The van der Waals surface area contributed by atoms with Crippen LogP contribution in [-0.2, 0) is 6.54 Å². The second kappa shape index (κ2) is 4.77. The maximum atomic E-state index is 13.0. The van der Waals surface area contributed by atoms with Gasteiger partial charge >= 0.3 is 0 Å². The SMILES string of the molecule is CCn1c(C2CC2)c(C2CC2)c(=O)n1-c1ccccc1Cl. The molecule has 2 aromatic rings. The zero-order chi connectivity index (χ0) is 14.6. The molecule has 2 saturated carbocycles. The van der Waals surface area contributed by atoms with E-state index in [0.29, 0.717) is 16.9 Å². The van der Waals surface area contributed by atoms with Crippen LogP contribution in [0, 0.1) is 0 Å². The third kappa shape index (κ3) is 2.06. The van der Waals surface area contributed by atoms with Crippen LogP contribution in [-0.4, -0.2) is 9.36 Å². The van der Waals surface area contributed by atoms with E-state index in [2.05, 4.69) is 11.6 Å². The van der Waals surface area contributed by atoms with Crippen molar-refractivity contribution in [1.29, 1.82) is 0 Å². The monoisotopic (exact) mass is 302 g/mol. The number of benzene rings is 1. The van der Waals surface area contributed by atoms with E-state index >= 15 is 0 Å². The Morgan fingerprint density at radius 3 is 2.38 bits per heavy atom. The molecule has 0 N–H and O–H groups in total. The highest BCUT2D eigenvalue weighted by Gasteiger charge is 2.39. The zero-order valence-electron chi connectivity index (χ0n) is 12.2. The maximum Gasteiger partial charge on any atom is 0.275 e. The third-order valence-electron chi connectivity index (χ3n) is 4.55. The van der Waals surface area contributed by atoms with Crippen LogP contribution in [0.25, 0.3) is 5.69 Å². The summed E-state index contributed by atoms with van der Waals surface area (Å²) in [6.07, 6.45) is 4.74. The Morgan fingerprint density at radius 2 is 1.81 bits per heavy atom. The van der Waals surface area contributed by atoms with E-state index in [4.69, 9.17) is 11.6 Å². The summed E-state index contributed by atoms with van der Waals surface area (Å²) in [6, 6.07) is 7.63. The van der Waals surface area contributed by atoms with Gasteiger partial charge in [0, 0.05) is 23.7 Å². The van der Waals surface area contributed by atoms with Crippen LogP contribution in [0.1, 0.15) is 55.7 Å². The first-order valence-electron chi connectivity index (χ1n) is 7.82. The van der Waals surface area contributed by atoms with Gasteiger partial charge in [0.25, 0.3) is 5.56 Å². The van der Waals surface area contributed by atoms with E-state index in [1.54, 1.807) is 0 Å². The quantitative estimate of drug-likeness (QED) is 0.836. The van der Waals surface area contributed by atoms with Gasteiger partial charge in [0.15, 0.2) is 0 Å². The number of aromatic nitrogens is 2. The first kappa shape index (κ1) is 13.2. The molecule has 4 heteroatoms. The van der Waals surface area contributed by atoms with Crippen molar-refractivity contribution in [2.24, 2.45) is 0 Å². The van der Waals surface area contributed by atoms with Gasteiger partial charge in [-0.1, -0.05) is 23.7 Å². The average Bonchev–Trinajstić information content (AvgIpc) is 3.36. The van der Waals surface area contributed by atoms with Crippen molar-refractivity contribution in [3.05, 3.63) is 50.9 Å². The van der Waals surface area contributed by atoms with Crippen molar-refractivity contribution in [3.8, 4) is 5.69 Å². The van der Waals surface area contributed by atoms with Gasteiger partial charge in [-0.15, -0.1) is 0 Å². The Kier molecular flexibility index (Phi) is 3.00. The van der Waals surface area contributed by atoms with E-state index in [9.17, 15) is 4.79 Å². The van der Waals surface area contributed by atoms with Crippen molar-refractivity contribution in [1.82, 2.24) is 9.36 Å². The molecule has 3 nitrogen and oxygen atoms in total. The molecule has 0 radical (unpaired) electrons. The fourth-order valence-corrected chi connectivity index (χ4v) is 3.51. The summed E-state index contributed by atoms with van der Waals surface area (Å²) in [4.78, 5) is 13.0. The van der Waals surface area contributed by atoms with Gasteiger partial charge in [-0.05, 0) is 50.7 Å². The number of rotatable bonds is 4. The molecule has 0 bridgehead atoms. The Hall–Kier alpha value is -1.48. The molecule has 0 aliphatic heterocycles. The molecule has 0 amide bonds. The smallest absolute Gasteiger partial charge is 0.275 e. The zero-order valence-corrected chi connectivity index (χ0v) is 12.9. The van der Waals surface area contributed by atoms with Crippen LogP contribution in [0.3, 0.4) is 0 Å². The van der Waals surface area contributed by atoms with Crippen LogP contribution < -0.4 is 5.56 Å². The normalized spacial score (nSPS) is 18.2. The number of para-hydroxylation sites is 1. The molecule has 1 aromatic heterocycles. The summed E-state index contributed by atoms with van der Waals surface area (Å²) >= 11 is 6.34. The van der Waals surface area contributed by atoms with Crippen molar-refractivity contribution in [2.45, 2.75) is 51.0 Å². The minimum Gasteiger partial charge on any atom is -0.282 e. The van der Waals surface area contributed by atoms with Gasteiger partial charge in [-0.3, -0.25) is 9.48 Å². The van der Waals surface area contributed by atoms with E-state index < -0.39 is 0 Å². The lowest BCUT2D eigenvalue weighted by Gasteiger charge is -2.14. The minimum atomic E-state index is 0.148. The summed E-state index contributed by atoms with van der Waals surface area (Å²) in [5.41, 5.74) is 3.30. The van der Waals surface area contributed by atoms with Crippen LogP contribution in [0.5, 0.6) is 0 Å². The first-order chi connectivity index (χ1) is 10.2. The Morgan fingerprint density at radius 1 is 1.14 bits per heavy atom. The Balaban J connectivity index is 2.01. The highest BCUT2D eigenvalue weighted by molar-refractivity contribution is 6.32. The lowest BCUT2D eigenvalue weighted by atomic mass is 10.1. The second-order valence-corrected chi connectivity index (χ2v) is 6.54. The molecule has 0 unspecified atom stereocenters. The summed E-state index contributed by atoms with van der Waals surface area (Å²) in [6.45, 7) is 2.91. The number of nitrogens with zero attached hydrogens (tertiary/aromatic N) is 2. The van der Waals surface area contributed by atoms with Gasteiger partial charge < -0.3 is 0 Å². The van der Waals surface area contributed by atoms with Crippen LogP contribution >= 0.6 is 11.6 Å². The summed E-state index contributed by atoms with van der Waals surface area (Å²) < 4.78 is 3.97. The van der Waals surface area contributed by atoms with Crippen LogP contribution in [0.2, 0.25) is 5.02 Å². The highest BCUT2D eigenvalue weighted by Crippen LogP contribution is 2.48. The molecule has 1 aromatic carbocycles. The predicted molar refractivity (Wildman–Crippen MR) is 84.7 cm³/mol. The van der Waals surface area contributed by atoms with E-state index in [-0.39, 0.29) is 5.56 Å². The largest absolute Gasteiger partial charge is 0.282 e. The van der Waals surface area contributed by atoms with Crippen molar-refractivity contribution < 1.29 is 0 Å².